The van der Waals surface area contributed by atoms with Crippen LogP contribution in [0.5, 0.6) is 0 Å². The lowest BCUT2D eigenvalue weighted by Crippen LogP contribution is -2.35. The molecule has 2 nitrogen and oxygen atoms in total. The summed E-state index contributed by atoms with van der Waals surface area (Å²) in [6.45, 7) is 2.34. The highest BCUT2D eigenvalue weighted by Gasteiger charge is 2.23. The number of nitrogens with two attached hydrogens (primary N) is 1. The van der Waals surface area contributed by atoms with Gasteiger partial charge in [-0.15, -0.1) is 0 Å². The van der Waals surface area contributed by atoms with Gasteiger partial charge in [0.1, 0.15) is 4.99 Å². The number of hydrogen-bond acceptors (Lipinski definition) is 2. The highest BCUT2D eigenvalue weighted by Crippen LogP contribution is 2.31. The van der Waals surface area contributed by atoms with E-state index < -0.39 is 0 Å². The molecule has 2 atom stereocenters. The number of hydrogen-bond donors (Lipinski definition) is 1. The molecule has 2 unspecified atom stereocenters. The molecule has 0 amide bonds. The van der Waals surface area contributed by atoms with Gasteiger partial charge in [0, 0.05) is 24.3 Å². The molecule has 19 heavy (non-hydrogen) atoms. The summed E-state index contributed by atoms with van der Waals surface area (Å²) in [6.07, 6.45) is 5.18. The fraction of sp³-hybridized carbons (Fsp3) is 0.533. The molecule has 1 saturated carbocycles. The molecule has 1 fully saturated rings. The van der Waals surface area contributed by atoms with Crippen molar-refractivity contribution in [2.24, 2.45) is 11.7 Å². The van der Waals surface area contributed by atoms with E-state index >= 15 is 0 Å². The van der Waals surface area contributed by atoms with Crippen molar-refractivity contribution in [1.29, 1.82) is 0 Å². The van der Waals surface area contributed by atoms with Crippen LogP contribution >= 0.6 is 23.8 Å². The number of nitrogens with zero attached hydrogens (tertiary/aromatic N) is 1. The van der Waals surface area contributed by atoms with Crippen molar-refractivity contribution >= 4 is 34.5 Å². The minimum absolute atomic E-state index is 0.352. The third-order valence-corrected chi connectivity index (χ3v) is 4.61. The maximum absolute atomic E-state index is 6.24. The van der Waals surface area contributed by atoms with E-state index in [2.05, 4.69) is 24.9 Å². The lowest BCUT2D eigenvalue weighted by molar-refractivity contribution is 0.336. The molecule has 0 aromatic heterocycles. The Hall–Kier alpha value is -0.800. The van der Waals surface area contributed by atoms with E-state index in [-0.39, 0.29) is 0 Å². The van der Waals surface area contributed by atoms with Gasteiger partial charge >= 0.3 is 0 Å². The first-order valence-electron chi connectivity index (χ1n) is 6.81. The fourth-order valence-electron chi connectivity index (χ4n) is 2.89. The number of rotatable bonds is 3. The second-order valence-electron chi connectivity index (χ2n) is 5.56. The molecular weight excluding hydrogens is 276 g/mol. The predicted octanol–water partition coefficient (Wildman–Crippen LogP) is 3.99. The van der Waals surface area contributed by atoms with Gasteiger partial charge in [-0.1, -0.05) is 43.6 Å². The Bertz CT molecular complexity index is 475. The van der Waals surface area contributed by atoms with Crippen LogP contribution in [0.4, 0.5) is 5.69 Å². The zero-order valence-corrected chi connectivity index (χ0v) is 13.1. The third kappa shape index (κ3) is 3.40. The lowest BCUT2D eigenvalue weighted by atomic mass is 9.86. The maximum atomic E-state index is 6.24. The summed E-state index contributed by atoms with van der Waals surface area (Å²) >= 11 is 11.2. The summed E-state index contributed by atoms with van der Waals surface area (Å²) in [5, 5.41) is 0.640. The fourth-order valence-corrected chi connectivity index (χ4v) is 3.40. The van der Waals surface area contributed by atoms with E-state index in [0.29, 0.717) is 16.1 Å². The van der Waals surface area contributed by atoms with E-state index in [1.54, 1.807) is 0 Å². The van der Waals surface area contributed by atoms with Crippen LogP contribution in [-0.4, -0.2) is 18.1 Å². The number of anilines is 1. The van der Waals surface area contributed by atoms with Gasteiger partial charge in [0.05, 0.1) is 5.02 Å². The van der Waals surface area contributed by atoms with Gasteiger partial charge < -0.3 is 10.6 Å². The van der Waals surface area contributed by atoms with E-state index in [1.807, 2.05) is 12.1 Å². The van der Waals surface area contributed by atoms with E-state index in [0.717, 1.165) is 17.2 Å². The minimum Gasteiger partial charge on any atom is -0.389 e. The van der Waals surface area contributed by atoms with Gasteiger partial charge in [-0.3, -0.25) is 0 Å². The Morgan fingerprint density at radius 3 is 2.74 bits per heavy atom. The topological polar surface area (TPSA) is 29.3 Å². The first kappa shape index (κ1) is 14.6. The Morgan fingerprint density at radius 1 is 1.42 bits per heavy atom. The van der Waals surface area contributed by atoms with Crippen molar-refractivity contribution in [3.8, 4) is 0 Å². The molecule has 0 bridgehead atoms. The molecule has 2 rings (SSSR count). The van der Waals surface area contributed by atoms with Crippen LogP contribution in [0.2, 0.25) is 5.02 Å². The smallest absolute Gasteiger partial charge is 0.105 e. The number of benzene rings is 1. The van der Waals surface area contributed by atoms with Crippen molar-refractivity contribution in [2.75, 3.05) is 11.9 Å². The van der Waals surface area contributed by atoms with Gasteiger partial charge in [-0.05, 0) is 37.0 Å². The Kier molecular flexibility index (Phi) is 4.69. The van der Waals surface area contributed by atoms with Gasteiger partial charge in [0.2, 0.25) is 0 Å². The second kappa shape index (κ2) is 6.10. The highest BCUT2D eigenvalue weighted by atomic mass is 35.5. The van der Waals surface area contributed by atoms with Gasteiger partial charge in [0.25, 0.3) is 0 Å². The summed E-state index contributed by atoms with van der Waals surface area (Å²) in [7, 11) is 2.15. The van der Waals surface area contributed by atoms with Crippen LogP contribution in [-0.2, 0) is 0 Å². The monoisotopic (exact) mass is 296 g/mol. The average Bonchev–Trinajstić information content (AvgIpc) is 2.37. The largest absolute Gasteiger partial charge is 0.389 e. The van der Waals surface area contributed by atoms with Crippen molar-refractivity contribution in [2.45, 2.75) is 38.6 Å². The van der Waals surface area contributed by atoms with Crippen molar-refractivity contribution in [3.05, 3.63) is 28.8 Å². The van der Waals surface area contributed by atoms with Gasteiger partial charge in [-0.2, -0.15) is 0 Å². The molecule has 104 valence electrons. The second-order valence-corrected chi connectivity index (χ2v) is 6.41. The summed E-state index contributed by atoms with van der Waals surface area (Å²) < 4.78 is 0. The molecule has 0 radical (unpaired) electrons. The zero-order chi connectivity index (χ0) is 14.0. The van der Waals surface area contributed by atoms with Crippen LogP contribution in [0.3, 0.4) is 0 Å². The quantitative estimate of drug-likeness (QED) is 0.855. The molecule has 1 aliphatic rings. The van der Waals surface area contributed by atoms with Crippen LogP contribution in [0.25, 0.3) is 0 Å². The summed E-state index contributed by atoms with van der Waals surface area (Å²) in [4.78, 5) is 2.69. The van der Waals surface area contributed by atoms with Crippen molar-refractivity contribution < 1.29 is 0 Å². The molecule has 0 saturated heterocycles. The Balaban J connectivity index is 2.17. The molecule has 0 heterocycles. The van der Waals surface area contributed by atoms with E-state index in [4.69, 9.17) is 29.6 Å². The van der Waals surface area contributed by atoms with Crippen molar-refractivity contribution in [3.63, 3.8) is 0 Å². The Labute approximate surface area is 125 Å². The zero-order valence-electron chi connectivity index (χ0n) is 11.5. The predicted molar refractivity (Wildman–Crippen MR) is 87.2 cm³/mol. The number of thiocarbonyl (C=S) groups is 1. The highest BCUT2D eigenvalue weighted by molar-refractivity contribution is 7.80. The molecule has 1 aromatic rings. The van der Waals surface area contributed by atoms with Crippen LogP contribution in [0, 0.1) is 5.92 Å². The first-order chi connectivity index (χ1) is 8.99. The maximum Gasteiger partial charge on any atom is 0.105 e. The van der Waals surface area contributed by atoms with Crippen LogP contribution in [0.1, 0.15) is 38.2 Å². The number of halogens is 1. The van der Waals surface area contributed by atoms with Crippen LogP contribution in [0.15, 0.2) is 18.2 Å². The van der Waals surface area contributed by atoms with Crippen LogP contribution < -0.4 is 10.6 Å². The molecule has 1 aromatic carbocycles. The SMILES string of the molecule is CC1CCCC(N(C)c2ccc(C(N)=S)c(Cl)c2)C1. The molecule has 2 N–H and O–H groups in total. The Morgan fingerprint density at radius 2 is 2.16 bits per heavy atom. The molecular formula is C15H21ClN2S. The average molecular weight is 297 g/mol. The summed E-state index contributed by atoms with van der Waals surface area (Å²) in [5.74, 6) is 0.813. The lowest BCUT2D eigenvalue weighted by Gasteiger charge is -2.35. The normalized spacial score (nSPS) is 23.1. The minimum atomic E-state index is 0.352. The van der Waals surface area contributed by atoms with E-state index in [1.165, 1.54) is 25.7 Å². The van der Waals surface area contributed by atoms with Gasteiger partial charge in [-0.25, -0.2) is 0 Å². The first-order valence-corrected chi connectivity index (χ1v) is 7.60. The molecule has 0 aliphatic heterocycles. The summed E-state index contributed by atoms with van der Waals surface area (Å²) in [6, 6.07) is 6.55. The van der Waals surface area contributed by atoms with E-state index in [9.17, 15) is 0 Å². The summed E-state index contributed by atoms with van der Waals surface area (Å²) in [5.41, 5.74) is 7.53. The standard InChI is InChI=1S/C15H21ClN2S/c1-10-4-3-5-11(8-10)18(2)12-6-7-13(15(17)19)14(16)9-12/h6-7,9-11H,3-5,8H2,1-2H3,(H2,17,19). The molecule has 0 spiro atoms. The third-order valence-electron chi connectivity index (χ3n) is 4.08. The molecule has 1 aliphatic carbocycles. The van der Waals surface area contributed by atoms with Crippen molar-refractivity contribution in [1.82, 2.24) is 0 Å². The van der Waals surface area contributed by atoms with Gasteiger partial charge in [0.15, 0.2) is 0 Å². The molecule has 4 heteroatoms.